The van der Waals surface area contributed by atoms with Gasteiger partial charge in [-0.3, -0.25) is 10.1 Å². The molecule has 6 heteroatoms. The van der Waals surface area contributed by atoms with Gasteiger partial charge in [0.1, 0.15) is 23.5 Å². The van der Waals surface area contributed by atoms with Gasteiger partial charge in [0, 0.05) is 13.5 Å². The molecule has 2 unspecified atom stereocenters. The molecule has 0 saturated heterocycles. The van der Waals surface area contributed by atoms with Crippen molar-refractivity contribution >= 4 is 5.69 Å². The number of methoxy groups -OCH3 is 1. The van der Waals surface area contributed by atoms with E-state index in [0.717, 1.165) is 25.7 Å². The van der Waals surface area contributed by atoms with Gasteiger partial charge < -0.3 is 9.47 Å². The van der Waals surface area contributed by atoms with Crippen LogP contribution in [0.2, 0.25) is 0 Å². The minimum atomic E-state index is -0.565. The number of nitrogens with zero attached hydrogens (tertiary/aromatic N) is 2. The summed E-state index contributed by atoms with van der Waals surface area (Å²) in [5.74, 6) is 0.428. The number of hydrogen-bond acceptors (Lipinski definition) is 5. The van der Waals surface area contributed by atoms with Crippen molar-refractivity contribution in [3.05, 3.63) is 33.9 Å². The highest BCUT2D eigenvalue weighted by atomic mass is 16.6. The van der Waals surface area contributed by atoms with E-state index in [1.165, 1.54) is 12.1 Å². The van der Waals surface area contributed by atoms with Crippen LogP contribution in [0.1, 0.15) is 31.2 Å². The van der Waals surface area contributed by atoms with Crippen LogP contribution in [0.5, 0.6) is 5.75 Å². The number of hydrogen-bond donors (Lipinski definition) is 0. The van der Waals surface area contributed by atoms with Crippen LogP contribution in [0.3, 0.4) is 0 Å². The topological polar surface area (TPSA) is 85.4 Å². The summed E-state index contributed by atoms with van der Waals surface area (Å²) >= 11 is 0. The summed E-state index contributed by atoms with van der Waals surface area (Å²) in [5.41, 5.74) is -0.176. The van der Waals surface area contributed by atoms with Crippen LogP contribution in [0.15, 0.2) is 18.2 Å². The first kappa shape index (κ1) is 14.3. The molecular weight excluding hydrogens is 260 g/mol. The average Bonchev–Trinajstić information content (AvgIpc) is 2.47. The quantitative estimate of drug-likeness (QED) is 0.623. The van der Waals surface area contributed by atoms with E-state index in [9.17, 15) is 10.1 Å². The Balaban J connectivity index is 2.12. The molecule has 1 aromatic rings. The first-order chi connectivity index (χ1) is 9.63. The van der Waals surface area contributed by atoms with Gasteiger partial charge in [-0.15, -0.1) is 0 Å². The Morgan fingerprint density at radius 3 is 2.80 bits per heavy atom. The molecule has 1 saturated carbocycles. The van der Waals surface area contributed by atoms with E-state index < -0.39 is 4.92 Å². The zero-order valence-corrected chi connectivity index (χ0v) is 11.2. The second kappa shape index (κ2) is 6.35. The summed E-state index contributed by atoms with van der Waals surface area (Å²) in [5, 5.41) is 19.7. The van der Waals surface area contributed by atoms with Gasteiger partial charge in [-0.2, -0.15) is 5.26 Å². The number of benzene rings is 1. The predicted molar refractivity (Wildman–Crippen MR) is 71.5 cm³/mol. The Bertz CT molecular complexity index is 538. The fourth-order valence-electron chi connectivity index (χ4n) is 2.45. The third-order valence-electron chi connectivity index (χ3n) is 3.50. The zero-order chi connectivity index (χ0) is 14.5. The Kier molecular flexibility index (Phi) is 4.53. The first-order valence-corrected chi connectivity index (χ1v) is 6.52. The lowest BCUT2D eigenvalue weighted by atomic mass is 9.95. The lowest BCUT2D eigenvalue weighted by molar-refractivity contribution is -0.385. The number of rotatable bonds is 4. The van der Waals surface area contributed by atoms with E-state index >= 15 is 0 Å². The molecule has 0 spiro atoms. The van der Waals surface area contributed by atoms with Gasteiger partial charge >= 0.3 is 0 Å². The van der Waals surface area contributed by atoms with Crippen molar-refractivity contribution in [2.75, 3.05) is 7.11 Å². The van der Waals surface area contributed by atoms with Crippen molar-refractivity contribution < 1.29 is 14.4 Å². The van der Waals surface area contributed by atoms with Crippen LogP contribution in [0, 0.1) is 21.4 Å². The predicted octanol–water partition coefficient (Wildman–Crippen LogP) is 2.80. The molecule has 0 radical (unpaired) electrons. The maximum atomic E-state index is 10.9. The zero-order valence-electron chi connectivity index (χ0n) is 11.2. The molecule has 106 valence electrons. The summed E-state index contributed by atoms with van der Waals surface area (Å²) in [6.45, 7) is 0. The van der Waals surface area contributed by atoms with E-state index in [-0.39, 0.29) is 23.5 Å². The van der Waals surface area contributed by atoms with E-state index in [1.807, 2.05) is 0 Å². The summed E-state index contributed by atoms with van der Waals surface area (Å²) < 4.78 is 11.1. The Morgan fingerprint density at radius 1 is 1.40 bits per heavy atom. The second-order valence-corrected chi connectivity index (χ2v) is 4.81. The van der Waals surface area contributed by atoms with Crippen molar-refractivity contribution in [2.45, 2.75) is 37.9 Å². The minimum Gasteiger partial charge on any atom is -0.490 e. The normalized spacial score (nSPS) is 22.0. The molecule has 0 N–H and O–H groups in total. The third kappa shape index (κ3) is 3.25. The molecule has 20 heavy (non-hydrogen) atoms. The van der Waals surface area contributed by atoms with Gasteiger partial charge in [0.25, 0.3) is 5.69 Å². The molecule has 1 fully saturated rings. The van der Waals surface area contributed by atoms with Gasteiger partial charge in [-0.05, 0) is 31.4 Å². The standard InChI is InChI=1S/C14H16N2O4/c1-19-11-3-2-4-12(7-11)20-13-6-5-10(9-15)14(8-13)16(17)18/h5-6,8,11-12H,2-4,7H2,1H3. The molecule has 1 aliphatic rings. The van der Waals surface area contributed by atoms with E-state index in [1.54, 1.807) is 19.2 Å². The summed E-state index contributed by atoms with van der Waals surface area (Å²) in [6.07, 6.45) is 3.91. The maximum absolute atomic E-state index is 10.9. The van der Waals surface area contributed by atoms with Crippen LogP contribution >= 0.6 is 0 Å². The van der Waals surface area contributed by atoms with Crippen molar-refractivity contribution in [1.82, 2.24) is 0 Å². The molecule has 0 amide bonds. The fraction of sp³-hybridized carbons (Fsp3) is 0.500. The Labute approximate surface area is 117 Å². The summed E-state index contributed by atoms with van der Waals surface area (Å²) in [4.78, 5) is 10.3. The fourth-order valence-corrected chi connectivity index (χ4v) is 2.45. The Hall–Kier alpha value is -2.13. The van der Waals surface area contributed by atoms with Gasteiger partial charge in [0.2, 0.25) is 0 Å². The second-order valence-electron chi connectivity index (χ2n) is 4.81. The van der Waals surface area contributed by atoms with Crippen molar-refractivity contribution in [2.24, 2.45) is 0 Å². The van der Waals surface area contributed by atoms with E-state index in [4.69, 9.17) is 14.7 Å². The molecule has 6 nitrogen and oxygen atoms in total. The van der Waals surface area contributed by atoms with Crippen LogP contribution in [-0.2, 0) is 4.74 Å². The highest BCUT2D eigenvalue weighted by Crippen LogP contribution is 2.28. The smallest absolute Gasteiger partial charge is 0.290 e. The summed E-state index contributed by atoms with van der Waals surface area (Å²) in [7, 11) is 1.68. The monoisotopic (exact) mass is 276 g/mol. The van der Waals surface area contributed by atoms with Crippen LogP contribution in [-0.4, -0.2) is 24.2 Å². The lowest BCUT2D eigenvalue weighted by Crippen LogP contribution is -2.29. The molecule has 2 atom stereocenters. The van der Waals surface area contributed by atoms with Crippen LogP contribution in [0.4, 0.5) is 5.69 Å². The van der Waals surface area contributed by atoms with Crippen LogP contribution in [0.25, 0.3) is 0 Å². The molecule has 0 bridgehead atoms. The first-order valence-electron chi connectivity index (χ1n) is 6.52. The van der Waals surface area contributed by atoms with Crippen molar-refractivity contribution in [3.8, 4) is 11.8 Å². The van der Waals surface area contributed by atoms with Gasteiger partial charge in [-0.1, -0.05) is 0 Å². The van der Waals surface area contributed by atoms with E-state index in [2.05, 4.69) is 0 Å². The van der Waals surface area contributed by atoms with Gasteiger partial charge in [-0.25, -0.2) is 0 Å². The maximum Gasteiger partial charge on any atom is 0.290 e. The molecule has 0 aromatic heterocycles. The average molecular weight is 276 g/mol. The summed E-state index contributed by atoms with van der Waals surface area (Å²) in [6, 6.07) is 6.14. The number of nitriles is 1. The molecule has 0 heterocycles. The third-order valence-corrected chi connectivity index (χ3v) is 3.50. The lowest BCUT2D eigenvalue weighted by Gasteiger charge is -2.28. The minimum absolute atomic E-state index is 0.00115. The number of nitro groups is 1. The highest BCUT2D eigenvalue weighted by molar-refractivity contribution is 5.52. The van der Waals surface area contributed by atoms with Gasteiger partial charge in [0.05, 0.1) is 17.1 Å². The molecule has 1 aliphatic carbocycles. The largest absolute Gasteiger partial charge is 0.490 e. The number of ether oxygens (including phenoxy) is 2. The van der Waals surface area contributed by atoms with Crippen molar-refractivity contribution in [1.29, 1.82) is 5.26 Å². The number of nitro benzene ring substituents is 1. The molecular formula is C14H16N2O4. The van der Waals surface area contributed by atoms with Gasteiger partial charge in [0.15, 0.2) is 0 Å². The van der Waals surface area contributed by atoms with Crippen LogP contribution < -0.4 is 4.74 Å². The molecule has 2 rings (SSSR count). The highest BCUT2D eigenvalue weighted by Gasteiger charge is 2.24. The van der Waals surface area contributed by atoms with Crippen molar-refractivity contribution in [3.63, 3.8) is 0 Å². The Morgan fingerprint density at radius 2 is 2.15 bits per heavy atom. The molecule has 1 aromatic carbocycles. The van der Waals surface area contributed by atoms with E-state index in [0.29, 0.717) is 5.75 Å². The molecule has 0 aliphatic heterocycles. The SMILES string of the molecule is COC1CCCC(Oc2ccc(C#N)c([N+](=O)[O-])c2)C1.